The number of nitro benzene ring substituents is 1. The molecule has 0 aliphatic rings. The minimum absolute atomic E-state index is 0.0917. The molecule has 1 N–H and O–H groups in total. The van der Waals surface area contributed by atoms with Crippen LogP contribution in [0.3, 0.4) is 0 Å². The number of carbonyl (C=O) groups is 1. The van der Waals surface area contributed by atoms with Gasteiger partial charge in [0, 0.05) is 17.7 Å². The second-order valence-corrected chi connectivity index (χ2v) is 4.62. The van der Waals surface area contributed by atoms with Gasteiger partial charge in [-0.3, -0.25) is 14.9 Å². The van der Waals surface area contributed by atoms with E-state index in [1.54, 1.807) is 6.92 Å². The third kappa shape index (κ3) is 4.22. The Morgan fingerprint density at radius 2 is 2.00 bits per heavy atom. The Balaban J connectivity index is 2.22. The molecule has 8 heteroatoms. The molecule has 0 radical (unpaired) electrons. The van der Waals surface area contributed by atoms with E-state index in [9.17, 15) is 23.7 Å². The molecule has 23 heavy (non-hydrogen) atoms. The highest BCUT2D eigenvalue weighted by molar-refractivity contribution is 6.05. The Bertz CT molecular complexity index is 750. The van der Waals surface area contributed by atoms with E-state index in [1.807, 2.05) is 0 Å². The highest BCUT2D eigenvalue weighted by Gasteiger charge is 2.13. The van der Waals surface area contributed by atoms with Crippen LogP contribution in [0.2, 0.25) is 0 Å². The first kappa shape index (κ1) is 16.3. The summed E-state index contributed by atoms with van der Waals surface area (Å²) in [7, 11) is 0. The van der Waals surface area contributed by atoms with Crippen molar-refractivity contribution in [3.63, 3.8) is 0 Å². The van der Waals surface area contributed by atoms with E-state index in [2.05, 4.69) is 10.1 Å². The van der Waals surface area contributed by atoms with Gasteiger partial charge >= 0.3 is 6.61 Å². The van der Waals surface area contributed by atoms with E-state index in [4.69, 9.17) is 0 Å². The van der Waals surface area contributed by atoms with E-state index in [-0.39, 0.29) is 22.7 Å². The van der Waals surface area contributed by atoms with Crippen LogP contribution >= 0.6 is 0 Å². The molecule has 6 nitrogen and oxygen atoms in total. The molecule has 0 atom stereocenters. The second-order valence-electron chi connectivity index (χ2n) is 4.62. The molecule has 0 aromatic heterocycles. The van der Waals surface area contributed by atoms with Crippen molar-refractivity contribution in [2.24, 2.45) is 0 Å². The summed E-state index contributed by atoms with van der Waals surface area (Å²) in [6.07, 6.45) is 0. The lowest BCUT2D eigenvalue weighted by Crippen LogP contribution is -2.13. The minimum atomic E-state index is -2.99. The largest absolute Gasteiger partial charge is 0.435 e. The Labute approximate surface area is 129 Å². The van der Waals surface area contributed by atoms with Crippen molar-refractivity contribution in [3.8, 4) is 5.75 Å². The molecule has 0 unspecified atom stereocenters. The monoisotopic (exact) mass is 322 g/mol. The molecule has 2 aromatic carbocycles. The van der Waals surface area contributed by atoms with E-state index in [0.717, 1.165) is 6.07 Å². The zero-order valence-electron chi connectivity index (χ0n) is 12.0. The molecule has 0 spiro atoms. The number of ether oxygens (including phenoxy) is 1. The molecule has 0 bridgehead atoms. The van der Waals surface area contributed by atoms with E-state index >= 15 is 0 Å². The Morgan fingerprint density at radius 1 is 1.26 bits per heavy atom. The van der Waals surface area contributed by atoms with Gasteiger partial charge in [0.15, 0.2) is 0 Å². The molecule has 0 aliphatic heterocycles. The average molecular weight is 322 g/mol. The van der Waals surface area contributed by atoms with Gasteiger partial charge in [-0.2, -0.15) is 8.78 Å². The van der Waals surface area contributed by atoms with Gasteiger partial charge in [0.25, 0.3) is 11.6 Å². The number of aryl methyl sites for hydroxylation is 1. The summed E-state index contributed by atoms with van der Waals surface area (Å²) >= 11 is 0. The number of halogens is 2. The fourth-order valence-electron chi connectivity index (χ4n) is 1.87. The van der Waals surface area contributed by atoms with Crippen LogP contribution in [0.15, 0.2) is 42.5 Å². The Hall–Kier alpha value is -3.03. The second kappa shape index (κ2) is 6.82. The number of carbonyl (C=O) groups excluding carboxylic acids is 1. The summed E-state index contributed by atoms with van der Waals surface area (Å²) in [5, 5.41) is 13.3. The predicted octanol–water partition coefficient (Wildman–Crippen LogP) is 3.76. The highest BCUT2D eigenvalue weighted by Crippen LogP contribution is 2.23. The number of amides is 1. The van der Waals surface area contributed by atoms with E-state index < -0.39 is 17.4 Å². The number of hydrogen-bond donors (Lipinski definition) is 1. The van der Waals surface area contributed by atoms with Gasteiger partial charge in [-0.15, -0.1) is 0 Å². The standard InChI is InChI=1S/C15H12F2N2O4/c1-9-5-6-11(19(21)22)8-13(9)18-14(20)10-3-2-4-12(7-10)23-15(16)17/h2-8,15H,1H3,(H,18,20). The molecule has 2 rings (SSSR count). The van der Waals surface area contributed by atoms with Crippen LogP contribution in [0.4, 0.5) is 20.2 Å². The molecule has 0 heterocycles. The number of nitrogens with zero attached hydrogens (tertiary/aromatic N) is 1. The summed E-state index contributed by atoms with van der Waals surface area (Å²) in [6, 6.07) is 9.32. The SMILES string of the molecule is Cc1ccc([N+](=O)[O-])cc1NC(=O)c1cccc(OC(F)F)c1. The van der Waals surface area contributed by atoms with Crippen LogP contribution in [-0.2, 0) is 0 Å². The van der Waals surface area contributed by atoms with Gasteiger partial charge < -0.3 is 10.1 Å². The van der Waals surface area contributed by atoms with Crippen LogP contribution in [-0.4, -0.2) is 17.4 Å². The van der Waals surface area contributed by atoms with Gasteiger partial charge in [0.05, 0.1) is 10.6 Å². The maximum atomic E-state index is 12.2. The molecule has 1 amide bonds. The molecule has 0 aliphatic carbocycles. The summed E-state index contributed by atoms with van der Waals surface area (Å²) in [5.41, 5.74) is 0.822. The van der Waals surface area contributed by atoms with Gasteiger partial charge in [-0.25, -0.2) is 0 Å². The van der Waals surface area contributed by atoms with Gasteiger partial charge in [0.2, 0.25) is 0 Å². The molecule has 0 saturated heterocycles. The van der Waals surface area contributed by atoms with Crippen molar-refractivity contribution in [2.45, 2.75) is 13.5 Å². The number of rotatable bonds is 5. The summed E-state index contributed by atoms with van der Waals surface area (Å²) in [4.78, 5) is 22.4. The fourth-order valence-corrected chi connectivity index (χ4v) is 1.87. The topological polar surface area (TPSA) is 81.5 Å². The summed E-state index contributed by atoms with van der Waals surface area (Å²) in [5.74, 6) is -0.739. The van der Waals surface area contributed by atoms with Crippen molar-refractivity contribution in [2.75, 3.05) is 5.32 Å². The smallest absolute Gasteiger partial charge is 0.387 e. The first-order valence-electron chi connectivity index (χ1n) is 6.48. The van der Waals surface area contributed by atoms with Crippen LogP contribution in [0.25, 0.3) is 0 Å². The number of alkyl halides is 2. The third-order valence-electron chi connectivity index (χ3n) is 3.00. The van der Waals surface area contributed by atoms with Crippen molar-refractivity contribution in [1.82, 2.24) is 0 Å². The van der Waals surface area contributed by atoms with E-state index in [0.29, 0.717) is 5.56 Å². The van der Waals surface area contributed by atoms with Crippen molar-refractivity contribution < 1.29 is 23.2 Å². The molecular formula is C15H12F2N2O4. The summed E-state index contributed by atoms with van der Waals surface area (Å²) in [6.45, 7) is -1.32. The fraction of sp³-hybridized carbons (Fsp3) is 0.133. The zero-order valence-corrected chi connectivity index (χ0v) is 12.0. The van der Waals surface area contributed by atoms with Crippen LogP contribution in [0.1, 0.15) is 15.9 Å². The third-order valence-corrected chi connectivity index (χ3v) is 3.00. The normalized spacial score (nSPS) is 10.4. The first-order chi connectivity index (χ1) is 10.9. The number of benzene rings is 2. The maximum absolute atomic E-state index is 12.2. The number of nitro groups is 1. The minimum Gasteiger partial charge on any atom is -0.435 e. The van der Waals surface area contributed by atoms with Gasteiger partial charge in [-0.05, 0) is 30.7 Å². The number of hydrogen-bond acceptors (Lipinski definition) is 4. The number of nitrogens with one attached hydrogen (secondary N) is 1. The zero-order chi connectivity index (χ0) is 17.0. The predicted molar refractivity (Wildman–Crippen MR) is 78.9 cm³/mol. The molecule has 120 valence electrons. The Kier molecular flexibility index (Phi) is 4.85. The lowest BCUT2D eigenvalue weighted by Gasteiger charge is -2.09. The van der Waals surface area contributed by atoms with Crippen molar-refractivity contribution in [3.05, 3.63) is 63.7 Å². The quantitative estimate of drug-likeness (QED) is 0.671. The number of non-ortho nitro benzene ring substituents is 1. The molecule has 2 aromatic rings. The highest BCUT2D eigenvalue weighted by atomic mass is 19.3. The van der Waals surface area contributed by atoms with Crippen molar-refractivity contribution in [1.29, 1.82) is 0 Å². The van der Waals surface area contributed by atoms with Gasteiger partial charge in [0.1, 0.15) is 5.75 Å². The lowest BCUT2D eigenvalue weighted by atomic mass is 10.1. The number of anilines is 1. The first-order valence-corrected chi connectivity index (χ1v) is 6.48. The van der Waals surface area contributed by atoms with Crippen LogP contribution in [0.5, 0.6) is 5.75 Å². The Morgan fingerprint density at radius 3 is 2.65 bits per heavy atom. The van der Waals surface area contributed by atoms with E-state index in [1.165, 1.54) is 36.4 Å². The van der Waals surface area contributed by atoms with Crippen LogP contribution in [0, 0.1) is 17.0 Å². The lowest BCUT2D eigenvalue weighted by molar-refractivity contribution is -0.384. The average Bonchev–Trinajstić information content (AvgIpc) is 2.48. The van der Waals surface area contributed by atoms with Crippen LogP contribution < -0.4 is 10.1 Å². The maximum Gasteiger partial charge on any atom is 0.387 e. The molecular weight excluding hydrogens is 310 g/mol. The summed E-state index contributed by atoms with van der Waals surface area (Å²) < 4.78 is 28.6. The molecule has 0 saturated carbocycles. The molecule has 0 fully saturated rings. The van der Waals surface area contributed by atoms with Crippen molar-refractivity contribution >= 4 is 17.3 Å². The van der Waals surface area contributed by atoms with Gasteiger partial charge in [-0.1, -0.05) is 12.1 Å².